The van der Waals surface area contributed by atoms with Crippen molar-refractivity contribution in [2.24, 2.45) is 7.05 Å². The summed E-state index contributed by atoms with van der Waals surface area (Å²) in [5.41, 5.74) is 1.34. The van der Waals surface area contributed by atoms with Crippen LogP contribution in [0.1, 0.15) is 11.5 Å². The average Bonchev–Trinajstić information content (AvgIpc) is 2.86. The number of hydrogen-bond donors (Lipinski definition) is 0. The Bertz CT molecular complexity index is 870. The number of thioether (sulfide) groups is 1. The fraction of sp³-hybridized carbons (Fsp3) is 0.200. The fourth-order valence-corrected chi connectivity index (χ4v) is 3.01. The van der Waals surface area contributed by atoms with Gasteiger partial charge >= 0.3 is 0 Å². The van der Waals surface area contributed by atoms with E-state index in [0.717, 1.165) is 10.7 Å². The second kappa shape index (κ2) is 5.37. The number of fused-ring (bicyclic) bond motifs is 1. The summed E-state index contributed by atoms with van der Waals surface area (Å²) < 4.78 is 20.0. The number of hydrogen-bond acceptors (Lipinski definition) is 4. The first-order valence-corrected chi connectivity index (χ1v) is 7.37. The number of aryl methyl sites for hydroxylation is 2. The Labute approximate surface area is 124 Å². The summed E-state index contributed by atoms with van der Waals surface area (Å²) in [5.74, 6) is 0.862. The molecule has 4 nitrogen and oxygen atoms in total. The molecule has 0 saturated carbocycles. The van der Waals surface area contributed by atoms with Crippen molar-refractivity contribution in [3.05, 3.63) is 58.2 Å². The van der Waals surface area contributed by atoms with E-state index in [1.165, 1.54) is 28.5 Å². The molecule has 1 aromatic carbocycles. The van der Waals surface area contributed by atoms with Gasteiger partial charge in [0.25, 0.3) is 5.56 Å². The van der Waals surface area contributed by atoms with Crippen molar-refractivity contribution in [1.29, 1.82) is 0 Å². The van der Waals surface area contributed by atoms with Gasteiger partial charge in [0.2, 0.25) is 0 Å². The third-order valence-corrected chi connectivity index (χ3v) is 4.43. The molecule has 0 fully saturated rings. The molecule has 0 amide bonds. The number of rotatable bonds is 3. The fourth-order valence-electron chi connectivity index (χ4n) is 2.13. The average molecular weight is 304 g/mol. The van der Waals surface area contributed by atoms with E-state index in [4.69, 9.17) is 4.42 Å². The van der Waals surface area contributed by atoms with Crippen LogP contribution in [0.15, 0.2) is 44.6 Å². The summed E-state index contributed by atoms with van der Waals surface area (Å²) in [5, 5.41) is 0. The molecule has 0 radical (unpaired) electrons. The second-order valence-electron chi connectivity index (χ2n) is 4.69. The van der Waals surface area contributed by atoms with Crippen molar-refractivity contribution in [3.8, 4) is 0 Å². The van der Waals surface area contributed by atoms with Crippen LogP contribution in [0.4, 0.5) is 4.39 Å². The Morgan fingerprint density at radius 2 is 2.19 bits per heavy atom. The van der Waals surface area contributed by atoms with E-state index in [2.05, 4.69) is 4.98 Å². The smallest absolute Gasteiger partial charge is 0.273 e. The van der Waals surface area contributed by atoms with Gasteiger partial charge in [0.1, 0.15) is 17.3 Å². The van der Waals surface area contributed by atoms with Crippen LogP contribution in [-0.2, 0) is 12.8 Å². The standard InChI is InChI=1S/C15H13FN2O2S/c1-9-14(5-6-20-9)21-8-12-15(19)18(2)13-4-3-10(16)7-11(13)17-12/h3-7H,8H2,1-2H3. The largest absolute Gasteiger partial charge is 0.468 e. The maximum absolute atomic E-state index is 13.3. The molecule has 0 aliphatic heterocycles. The maximum atomic E-state index is 13.3. The molecular formula is C15H13FN2O2S. The predicted molar refractivity (Wildman–Crippen MR) is 79.9 cm³/mol. The SMILES string of the molecule is Cc1occc1SCc1nc2cc(F)ccc2n(C)c1=O. The number of benzene rings is 1. The molecule has 2 aromatic heterocycles. The molecule has 0 unspecified atom stereocenters. The summed E-state index contributed by atoms with van der Waals surface area (Å²) in [7, 11) is 1.67. The molecule has 6 heteroatoms. The second-order valence-corrected chi connectivity index (χ2v) is 5.70. The normalized spacial score (nSPS) is 11.2. The number of halogens is 1. The van der Waals surface area contributed by atoms with Gasteiger partial charge in [0.15, 0.2) is 0 Å². The summed E-state index contributed by atoms with van der Waals surface area (Å²) >= 11 is 1.48. The van der Waals surface area contributed by atoms with E-state index in [-0.39, 0.29) is 11.4 Å². The van der Waals surface area contributed by atoms with E-state index in [0.29, 0.717) is 22.5 Å². The van der Waals surface area contributed by atoms with E-state index in [1.54, 1.807) is 19.4 Å². The van der Waals surface area contributed by atoms with Gasteiger partial charge in [-0.3, -0.25) is 4.79 Å². The van der Waals surface area contributed by atoms with Crippen molar-refractivity contribution in [2.45, 2.75) is 17.6 Å². The molecule has 0 atom stereocenters. The summed E-state index contributed by atoms with van der Waals surface area (Å²) in [6.07, 6.45) is 1.61. The molecule has 21 heavy (non-hydrogen) atoms. The molecule has 3 aromatic rings. The lowest BCUT2D eigenvalue weighted by molar-refractivity contribution is 0.527. The maximum Gasteiger partial charge on any atom is 0.273 e. The molecule has 0 N–H and O–H groups in total. The minimum Gasteiger partial charge on any atom is -0.468 e. The third kappa shape index (κ3) is 2.58. The van der Waals surface area contributed by atoms with Crippen molar-refractivity contribution < 1.29 is 8.81 Å². The van der Waals surface area contributed by atoms with Crippen LogP contribution in [0.5, 0.6) is 0 Å². The van der Waals surface area contributed by atoms with Crippen LogP contribution in [-0.4, -0.2) is 9.55 Å². The van der Waals surface area contributed by atoms with Gasteiger partial charge in [-0.05, 0) is 25.1 Å². The first-order chi connectivity index (χ1) is 10.1. The van der Waals surface area contributed by atoms with Crippen LogP contribution >= 0.6 is 11.8 Å². The lowest BCUT2D eigenvalue weighted by atomic mass is 10.2. The highest BCUT2D eigenvalue weighted by molar-refractivity contribution is 7.98. The van der Waals surface area contributed by atoms with Gasteiger partial charge in [-0.25, -0.2) is 9.37 Å². The van der Waals surface area contributed by atoms with Crippen molar-refractivity contribution in [2.75, 3.05) is 0 Å². The van der Waals surface area contributed by atoms with Crippen molar-refractivity contribution in [3.63, 3.8) is 0 Å². The molecule has 108 valence electrons. The van der Waals surface area contributed by atoms with Gasteiger partial charge in [0, 0.05) is 23.8 Å². The Hall–Kier alpha value is -2.08. The molecular weight excluding hydrogens is 291 g/mol. The highest BCUT2D eigenvalue weighted by atomic mass is 32.2. The highest BCUT2D eigenvalue weighted by Crippen LogP contribution is 2.25. The van der Waals surface area contributed by atoms with E-state index in [9.17, 15) is 9.18 Å². The van der Waals surface area contributed by atoms with Crippen molar-refractivity contribution >= 4 is 22.8 Å². The zero-order chi connectivity index (χ0) is 15.0. The first-order valence-electron chi connectivity index (χ1n) is 6.38. The van der Waals surface area contributed by atoms with E-state index < -0.39 is 0 Å². The van der Waals surface area contributed by atoms with Crippen LogP contribution < -0.4 is 5.56 Å². The van der Waals surface area contributed by atoms with Crippen LogP contribution in [0.3, 0.4) is 0 Å². The Kier molecular flexibility index (Phi) is 3.55. The molecule has 0 spiro atoms. The minimum atomic E-state index is -0.363. The lowest BCUT2D eigenvalue weighted by Gasteiger charge is -2.07. The summed E-state index contributed by atoms with van der Waals surface area (Å²) in [6, 6.07) is 6.08. The molecule has 2 heterocycles. The van der Waals surface area contributed by atoms with Crippen LogP contribution in [0.2, 0.25) is 0 Å². The van der Waals surface area contributed by atoms with Gasteiger partial charge in [0.05, 0.1) is 17.3 Å². The third-order valence-electron chi connectivity index (χ3n) is 3.28. The number of aromatic nitrogens is 2. The van der Waals surface area contributed by atoms with Gasteiger partial charge in [-0.15, -0.1) is 11.8 Å². The van der Waals surface area contributed by atoms with Gasteiger partial charge in [-0.1, -0.05) is 0 Å². The summed E-state index contributed by atoms with van der Waals surface area (Å²) in [4.78, 5) is 17.6. The van der Waals surface area contributed by atoms with E-state index in [1.807, 2.05) is 13.0 Å². The predicted octanol–water partition coefficient (Wildman–Crippen LogP) is 3.27. The summed E-state index contributed by atoms with van der Waals surface area (Å²) in [6.45, 7) is 1.86. The quantitative estimate of drug-likeness (QED) is 0.697. The molecule has 0 aliphatic rings. The van der Waals surface area contributed by atoms with Gasteiger partial charge < -0.3 is 8.98 Å². The lowest BCUT2D eigenvalue weighted by Crippen LogP contribution is -2.22. The van der Waals surface area contributed by atoms with Crippen LogP contribution in [0.25, 0.3) is 11.0 Å². The number of furan rings is 1. The highest BCUT2D eigenvalue weighted by Gasteiger charge is 2.11. The molecule has 0 aliphatic carbocycles. The topological polar surface area (TPSA) is 48.0 Å². The Morgan fingerprint density at radius 1 is 1.38 bits per heavy atom. The molecule has 3 rings (SSSR count). The first kappa shape index (κ1) is 13.9. The van der Waals surface area contributed by atoms with Gasteiger partial charge in [-0.2, -0.15) is 0 Å². The zero-order valence-electron chi connectivity index (χ0n) is 11.6. The molecule has 0 bridgehead atoms. The Morgan fingerprint density at radius 3 is 2.90 bits per heavy atom. The monoisotopic (exact) mass is 304 g/mol. The molecule has 0 saturated heterocycles. The van der Waals surface area contributed by atoms with E-state index >= 15 is 0 Å². The van der Waals surface area contributed by atoms with Crippen LogP contribution in [0, 0.1) is 12.7 Å². The number of nitrogens with zero attached hydrogens (tertiary/aromatic N) is 2. The Balaban J connectivity index is 2.00. The van der Waals surface area contributed by atoms with Crippen molar-refractivity contribution in [1.82, 2.24) is 9.55 Å². The minimum absolute atomic E-state index is 0.164. The zero-order valence-corrected chi connectivity index (χ0v) is 12.4.